The van der Waals surface area contributed by atoms with Crippen LogP contribution >= 0.6 is 0 Å². The van der Waals surface area contributed by atoms with Crippen molar-refractivity contribution in [3.05, 3.63) is 71.5 Å². The lowest BCUT2D eigenvalue weighted by Crippen LogP contribution is -2.77. The predicted octanol–water partition coefficient (Wildman–Crippen LogP) is 5.36. The Morgan fingerprint density at radius 1 is 1.05 bits per heavy atom. The molecule has 8 nitrogen and oxygen atoms in total. The molecule has 1 atom stereocenters. The third-order valence-corrected chi connectivity index (χ3v) is 7.46. The maximum absolute atomic E-state index is 13.8. The van der Waals surface area contributed by atoms with E-state index in [1.807, 2.05) is 47.4 Å². The van der Waals surface area contributed by atoms with Gasteiger partial charge in [0.05, 0.1) is 0 Å². The zero-order chi connectivity index (χ0) is 26.8. The molecule has 0 bridgehead atoms. The van der Waals surface area contributed by atoms with E-state index in [1.54, 1.807) is 19.1 Å². The van der Waals surface area contributed by atoms with Crippen molar-refractivity contribution >= 4 is 22.8 Å². The third kappa shape index (κ3) is 6.25. The molecule has 3 aromatic rings. The molecule has 4 rings (SSSR count). The fourth-order valence-electron chi connectivity index (χ4n) is 5.15. The molecule has 0 aliphatic heterocycles. The Hall–Kier alpha value is -3.52. The molecule has 1 aliphatic rings. The Morgan fingerprint density at radius 2 is 1.70 bits per heavy atom. The molecule has 2 aromatic carbocycles. The van der Waals surface area contributed by atoms with Crippen molar-refractivity contribution in [2.24, 2.45) is 16.4 Å². The largest absolute Gasteiger partial charge is 0.451 e. The third-order valence-electron chi connectivity index (χ3n) is 7.46. The fraction of sp³-hybridized carbons (Fsp3) is 0.448. The quantitative estimate of drug-likeness (QED) is 0.296. The van der Waals surface area contributed by atoms with Crippen molar-refractivity contribution < 1.29 is 19.7 Å². The molecule has 0 spiro atoms. The molecule has 5 N–H and O–H groups in total. The van der Waals surface area contributed by atoms with E-state index in [0.29, 0.717) is 29.4 Å². The summed E-state index contributed by atoms with van der Waals surface area (Å²) in [6.07, 6.45) is 4.07. The van der Waals surface area contributed by atoms with Crippen molar-refractivity contribution in [2.75, 3.05) is 0 Å². The van der Waals surface area contributed by atoms with Crippen LogP contribution in [0, 0.1) is 16.9 Å². The van der Waals surface area contributed by atoms with Crippen molar-refractivity contribution in [3.8, 4) is 0 Å². The average Bonchev–Trinajstić information content (AvgIpc) is 3.31. The van der Waals surface area contributed by atoms with Gasteiger partial charge in [0, 0.05) is 30.5 Å². The molecule has 2 amide bonds. The van der Waals surface area contributed by atoms with Crippen LogP contribution in [-0.2, 0) is 6.54 Å². The van der Waals surface area contributed by atoms with E-state index in [0.717, 1.165) is 36.6 Å². The summed E-state index contributed by atoms with van der Waals surface area (Å²) in [4.78, 5) is 28.3. The van der Waals surface area contributed by atoms with Gasteiger partial charge in [0.2, 0.25) is 0 Å². The molecular weight excluding hydrogens is 466 g/mol. The van der Waals surface area contributed by atoms with Gasteiger partial charge in [-0.05, 0) is 66.8 Å². The number of carbonyl (C=O) groups excluding carboxylic acids is 2. The molecular formula is C29H38N5O3+. The van der Waals surface area contributed by atoms with Crippen LogP contribution in [0.1, 0.15) is 79.9 Å². The second kappa shape index (κ2) is 10.5. The van der Waals surface area contributed by atoms with Gasteiger partial charge in [-0.25, -0.2) is 5.53 Å². The Bertz CT molecular complexity index is 1230. The highest BCUT2D eigenvalue weighted by Crippen LogP contribution is 2.39. The van der Waals surface area contributed by atoms with E-state index < -0.39 is 5.79 Å². The van der Waals surface area contributed by atoms with E-state index >= 15 is 0 Å². The number of nitrogens with zero attached hydrogens (tertiary/aromatic N) is 2. The van der Waals surface area contributed by atoms with Gasteiger partial charge in [-0.1, -0.05) is 51.1 Å². The van der Waals surface area contributed by atoms with Crippen LogP contribution in [-0.4, -0.2) is 28.5 Å². The van der Waals surface area contributed by atoms with Gasteiger partial charge in [0.1, 0.15) is 5.58 Å². The molecule has 196 valence electrons. The Morgan fingerprint density at radius 3 is 2.30 bits per heavy atom. The lowest BCUT2D eigenvalue weighted by molar-refractivity contribution is -0.478. The van der Waals surface area contributed by atoms with E-state index in [9.17, 15) is 9.59 Å². The van der Waals surface area contributed by atoms with E-state index in [2.05, 4.69) is 36.9 Å². The molecule has 0 radical (unpaired) electrons. The number of hydrogen-bond donors (Lipinski definition) is 3. The van der Waals surface area contributed by atoms with Gasteiger partial charge in [0.15, 0.2) is 5.76 Å². The van der Waals surface area contributed by atoms with Crippen LogP contribution in [0.4, 0.5) is 0 Å². The van der Waals surface area contributed by atoms with Crippen LogP contribution in [0.25, 0.3) is 11.0 Å². The molecule has 1 heterocycles. The van der Waals surface area contributed by atoms with Crippen molar-refractivity contribution in [1.82, 2.24) is 10.2 Å². The number of amides is 2. The number of benzene rings is 2. The summed E-state index contributed by atoms with van der Waals surface area (Å²) in [7, 11) is 0. The Kier molecular flexibility index (Phi) is 7.50. The lowest BCUT2D eigenvalue weighted by atomic mass is 9.71. The molecule has 1 aliphatic carbocycles. The number of nitrogens with one attached hydrogen (secondary N) is 2. The minimum atomic E-state index is -1.21. The second-order valence-electron chi connectivity index (χ2n) is 11.5. The minimum absolute atomic E-state index is 0.109. The fourth-order valence-corrected chi connectivity index (χ4v) is 5.15. The molecule has 37 heavy (non-hydrogen) atoms. The normalized spacial score (nSPS) is 19.7. The maximum Gasteiger partial charge on any atom is 0.290 e. The summed E-state index contributed by atoms with van der Waals surface area (Å²) in [5.41, 5.74) is 13.2. The first kappa shape index (κ1) is 26.5. The number of carbonyl (C=O) groups is 2. The van der Waals surface area contributed by atoms with Gasteiger partial charge in [0.25, 0.3) is 17.6 Å². The van der Waals surface area contributed by atoms with Crippen LogP contribution < -0.4 is 11.1 Å². The van der Waals surface area contributed by atoms with Gasteiger partial charge < -0.3 is 15.1 Å². The summed E-state index contributed by atoms with van der Waals surface area (Å²) in [6, 6.07) is 16.8. The van der Waals surface area contributed by atoms with Crippen molar-refractivity contribution in [1.29, 1.82) is 5.53 Å². The van der Waals surface area contributed by atoms with Gasteiger partial charge in [-0.3, -0.25) is 14.9 Å². The summed E-state index contributed by atoms with van der Waals surface area (Å²) in [5.74, 6) is -0.682. The SMILES string of the molecule is CC([NH3+])(N=N)NC(=O)c1ccc(CN(C(=O)c2cc3ccccc3o2)C2CCC(C(C)(C)C)CC2)cc1. The van der Waals surface area contributed by atoms with E-state index in [1.165, 1.54) is 0 Å². The van der Waals surface area contributed by atoms with E-state index in [4.69, 9.17) is 9.95 Å². The molecule has 1 aromatic heterocycles. The topological polar surface area (TPSA) is 126 Å². The summed E-state index contributed by atoms with van der Waals surface area (Å²) < 4.78 is 5.95. The monoisotopic (exact) mass is 504 g/mol. The summed E-state index contributed by atoms with van der Waals surface area (Å²) in [6.45, 7) is 8.87. The Balaban J connectivity index is 1.56. The standard InChI is InChI=1S/C29H37N5O3/c1-28(2,3)22-13-15-23(16-14-22)34(27(36)25-17-21-7-5-6-8-24(21)37-25)18-19-9-11-20(12-10-19)26(35)32-29(4,30)33-31/h5-12,17,22-23,31H,13-16,18,30H2,1-4H3,(H,32,35)/p+1. The average molecular weight is 505 g/mol. The number of fused-ring (bicyclic) bond motifs is 1. The van der Waals surface area contributed by atoms with E-state index in [-0.39, 0.29) is 23.3 Å². The van der Waals surface area contributed by atoms with Crippen molar-refractivity contribution in [3.63, 3.8) is 0 Å². The molecule has 8 heteroatoms. The van der Waals surface area contributed by atoms with Gasteiger partial charge in [-0.2, -0.15) is 0 Å². The Labute approximate surface area is 218 Å². The molecule has 0 saturated heterocycles. The van der Waals surface area contributed by atoms with Crippen LogP contribution in [0.5, 0.6) is 0 Å². The maximum atomic E-state index is 13.8. The number of furan rings is 1. The van der Waals surface area contributed by atoms with Crippen LogP contribution in [0.2, 0.25) is 0 Å². The molecule has 1 saturated carbocycles. The van der Waals surface area contributed by atoms with Crippen molar-refractivity contribution in [2.45, 2.75) is 71.8 Å². The predicted molar refractivity (Wildman–Crippen MR) is 142 cm³/mol. The first-order valence-electron chi connectivity index (χ1n) is 12.9. The summed E-state index contributed by atoms with van der Waals surface area (Å²) >= 11 is 0. The zero-order valence-electron chi connectivity index (χ0n) is 22.2. The number of hydrogen-bond acceptors (Lipinski definition) is 5. The number of quaternary nitrogens is 1. The van der Waals surface area contributed by atoms with Gasteiger partial charge >= 0.3 is 0 Å². The highest BCUT2D eigenvalue weighted by molar-refractivity contribution is 5.96. The minimum Gasteiger partial charge on any atom is -0.451 e. The zero-order valence-corrected chi connectivity index (χ0v) is 22.2. The second-order valence-corrected chi connectivity index (χ2v) is 11.5. The van der Waals surface area contributed by atoms with Crippen LogP contribution in [0.15, 0.2) is 64.1 Å². The number of para-hydroxylation sites is 1. The number of rotatable bonds is 7. The highest BCUT2D eigenvalue weighted by atomic mass is 16.3. The smallest absolute Gasteiger partial charge is 0.290 e. The first-order chi connectivity index (χ1) is 17.5. The van der Waals surface area contributed by atoms with Gasteiger partial charge in [-0.15, -0.1) is 5.11 Å². The molecule has 1 fully saturated rings. The summed E-state index contributed by atoms with van der Waals surface area (Å²) in [5, 5.41) is 6.87. The van der Waals surface area contributed by atoms with Crippen LogP contribution in [0.3, 0.4) is 0 Å². The molecule has 1 unspecified atom stereocenters. The lowest BCUT2D eigenvalue weighted by Gasteiger charge is -2.41. The highest BCUT2D eigenvalue weighted by Gasteiger charge is 2.35. The first-order valence-corrected chi connectivity index (χ1v) is 12.9.